The van der Waals surface area contributed by atoms with E-state index in [0.717, 1.165) is 0 Å². The Morgan fingerprint density at radius 3 is 2.80 bits per heavy atom. The Morgan fingerprint density at radius 2 is 2.10 bits per heavy atom. The van der Waals surface area contributed by atoms with Crippen LogP contribution in [0.25, 0.3) is 16.7 Å². The van der Waals surface area contributed by atoms with Gasteiger partial charge >= 0.3 is 5.97 Å². The van der Waals surface area contributed by atoms with Crippen molar-refractivity contribution in [3.05, 3.63) is 52.3 Å². The van der Waals surface area contributed by atoms with Gasteiger partial charge in [-0.3, -0.25) is 0 Å². The molecule has 3 aromatic rings. The number of hydrogen-bond acceptors (Lipinski definition) is 3. The molecule has 1 N–H and O–H groups in total. The van der Waals surface area contributed by atoms with E-state index in [0.29, 0.717) is 21.2 Å². The Balaban J connectivity index is 2.31. The molecule has 0 radical (unpaired) electrons. The number of nitrogens with zero attached hydrogens (tertiary/aromatic N) is 3. The minimum atomic E-state index is -1.09. The van der Waals surface area contributed by atoms with Gasteiger partial charge in [0.05, 0.1) is 15.7 Å². The number of para-hydroxylation sites is 1. The molecule has 0 aliphatic carbocycles. The third kappa shape index (κ3) is 1.96. The fraction of sp³-hybridized carbons (Fsp3) is 0. The Kier molecular flexibility index (Phi) is 2.98. The van der Waals surface area contributed by atoms with Crippen molar-refractivity contribution in [3.8, 4) is 5.69 Å². The summed E-state index contributed by atoms with van der Waals surface area (Å²) in [7, 11) is 0. The highest BCUT2D eigenvalue weighted by molar-refractivity contribution is 9.10. The van der Waals surface area contributed by atoms with Crippen molar-refractivity contribution in [2.24, 2.45) is 0 Å². The fourth-order valence-electron chi connectivity index (χ4n) is 1.94. The van der Waals surface area contributed by atoms with Gasteiger partial charge < -0.3 is 5.11 Å². The van der Waals surface area contributed by atoms with E-state index in [1.807, 2.05) is 0 Å². The zero-order valence-electron chi connectivity index (χ0n) is 9.92. The van der Waals surface area contributed by atoms with Crippen molar-refractivity contribution in [2.45, 2.75) is 0 Å². The van der Waals surface area contributed by atoms with Gasteiger partial charge in [-0.2, -0.15) is 0 Å². The molecule has 0 spiro atoms. The van der Waals surface area contributed by atoms with Crippen LogP contribution in [0.2, 0.25) is 0 Å². The lowest BCUT2D eigenvalue weighted by molar-refractivity contribution is 0.0698. The summed E-state index contributed by atoms with van der Waals surface area (Å²) in [6.07, 6.45) is 0. The third-order valence-corrected chi connectivity index (χ3v) is 3.49. The van der Waals surface area contributed by atoms with E-state index in [9.17, 15) is 14.3 Å². The van der Waals surface area contributed by atoms with Gasteiger partial charge in [0, 0.05) is 6.07 Å². The van der Waals surface area contributed by atoms with E-state index < -0.39 is 11.8 Å². The van der Waals surface area contributed by atoms with Crippen LogP contribution in [0.15, 0.2) is 40.9 Å². The van der Waals surface area contributed by atoms with Crippen LogP contribution in [-0.2, 0) is 0 Å². The highest BCUT2D eigenvalue weighted by Gasteiger charge is 2.16. The number of hydrogen-bond donors (Lipinski definition) is 1. The molecule has 7 heteroatoms. The molecule has 20 heavy (non-hydrogen) atoms. The average Bonchev–Trinajstić information content (AvgIpc) is 2.85. The van der Waals surface area contributed by atoms with Crippen LogP contribution in [0, 0.1) is 5.82 Å². The van der Waals surface area contributed by atoms with Crippen LogP contribution in [0.4, 0.5) is 4.39 Å². The average molecular weight is 336 g/mol. The summed E-state index contributed by atoms with van der Waals surface area (Å²) in [6, 6.07) is 9.12. The Morgan fingerprint density at radius 1 is 1.30 bits per heavy atom. The molecule has 0 amide bonds. The summed E-state index contributed by atoms with van der Waals surface area (Å²) in [5.74, 6) is -1.55. The summed E-state index contributed by atoms with van der Waals surface area (Å²) >= 11 is 3.07. The van der Waals surface area contributed by atoms with Crippen molar-refractivity contribution in [1.29, 1.82) is 0 Å². The van der Waals surface area contributed by atoms with Crippen LogP contribution in [0.1, 0.15) is 10.4 Å². The summed E-state index contributed by atoms with van der Waals surface area (Å²) in [5.41, 5.74) is 1.24. The molecule has 0 atom stereocenters. The minimum Gasteiger partial charge on any atom is -0.478 e. The van der Waals surface area contributed by atoms with Crippen LogP contribution in [0.5, 0.6) is 0 Å². The number of halogens is 2. The van der Waals surface area contributed by atoms with Gasteiger partial charge in [0.15, 0.2) is 0 Å². The molecule has 0 aliphatic heterocycles. The van der Waals surface area contributed by atoms with Crippen molar-refractivity contribution in [2.75, 3.05) is 0 Å². The predicted octanol–water partition coefficient (Wildman–Crippen LogP) is 3.02. The number of rotatable bonds is 2. The monoisotopic (exact) mass is 335 g/mol. The third-order valence-electron chi connectivity index (χ3n) is 2.85. The maximum absolute atomic E-state index is 13.6. The second-order valence-corrected chi connectivity index (χ2v) is 4.93. The van der Waals surface area contributed by atoms with Crippen molar-refractivity contribution < 1.29 is 14.3 Å². The minimum absolute atomic E-state index is 0.0656. The number of carboxylic acid groups (broad SMARTS) is 1. The molecule has 0 saturated heterocycles. The number of aromatic carboxylic acids is 1. The maximum atomic E-state index is 13.6. The van der Waals surface area contributed by atoms with E-state index in [-0.39, 0.29) is 5.56 Å². The Hall–Kier alpha value is -2.28. The smallest absolute Gasteiger partial charge is 0.337 e. The topological polar surface area (TPSA) is 68.0 Å². The maximum Gasteiger partial charge on any atom is 0.337 e. The second-order valence-electron chi connectivity index (χ2n) is 4.08. The molecule has 2 aromatic carbocycles. The molecule has 5 nitrogen and oxygen atoms in total. The second kappa shape index (κ2) is 4.68. The standard InChI is InChI=1S/C13H7BrFN3O2/c14-9-5-4-7(6-10(9)15)18-12-8(13(19)20)2-1-3-11(12)16-17-18/h1-6H,(H,19,20). The Labute approximate surface area is 120 Å². The lowest BCUT2D eigenvalue weighted by atomic mass is 10.2. The molecule has 0 saturated carbocycles. The first kappa shape index (κ1) is 12.7. The molecule has 0 aliphatic rings. The molecule has 0 unspecified atom stereocenters. The number of carbonyl (C=O) groups is 1. The normalized spacial score (nSPS) is 10.9. The first-order valence-corrected chi connectivity index (χ1v) is 6.40. The van der Waals surface area contributed by atoms with Crippen LogP contribution >= 0.6 is 15.9 Å². The molecular formula is C13H7BrFN3O2. The van der Waals surface area contributed by atoms with Crippen LogP contribution in [0.3, 0.4) is 0 Å². The molecule has 0 fully saturated rings. The highest BCUT2D eigenvalue weighted by atomic mass is 79.9. The molecule has 1 aromatic heterocycles. The molecule has 1 heterocycles. The van der Waals surface area contributed by atoms with Crippen molar-refractivity contribution in [1.82, 2.24) is 15.0 Å². The quantitative estimate of drug-likeness (QED) is 0.781. The number of aromatic nitrogens is 3. The van der Waals surface area contributed by atoms with Gasteiger partial charge in [-0.1, -0.05) is 11.3 Å². The highest BCUT2D eigenvalue weighted by Crippen LogP contribution is 2.23. The predicted molar refractivity (Wildman–Crippen MR) is 73.5 cm³/mol. The number of carboxylic acids is 1. The molecule has 3 rings (SSSR count). The van der Waals surface area contributed by atoms with Gasteiger partial charge in [-0.25, -0.2) is 13.9 Å². The summed E-state index contributed by atoms with van der Waals surface area (Å²) in [4.78, 5) is 11.3. The summed E-state index contributed by atoms with van der Waals surface area (Å²) in [5, 5.41) is 17.0. The van der Waals surface area contributed by atoms with Crippen molar-refractivity contribution in [3.63, 3.8) is 0 Å². The lowest BCUT2D eigenvalue weighted by Crippen LogP contribution is -2.03. The molecule has 100 valence electrons. The van der Waals surface area contributed by atoms with E-state index in [4.69, 9.17) is 0 Å². The first-order chi connectivity index (χ1) is 9.58. The van der Waals surface area contributed by atoms with E-state index in [1.54, 1.807) is 18.2 Å². The Bertz CT molecular complexity index is 832. The van der Waals surface area contributed by atoms with Crippen LogP contribution in [-0.4, -0.2) is 26.1 Å². The van der Waals surface area contributed by atoms with Gasteiger partial charge in [0.25, 0.3) is 0 Å². The lowest BCUT2D eigenvalue weighted by Gasteiger charge is -2.05. The van der Waals surface area contributed by atoms with Gasteiger partial charge in [0.1, 0.15) is 16.9 Å². The van der Waals surface area contributed by atoms with Gasteiger partial charge in [-0.05, 0) is 40.2 Å². The zero-order chi connectivity index (χ0) is 14.3. The van der Waals surface area contributed by atoms with Crippen LogP contribution < -0.4 is 0 Å². The first-order valence-electron chi connectivity index (χ1n) is 5.61. The van der Waals surface area contributed by atoms with E-state index in [1.165, 1.54) is 22.9 Å². The molecular weight excluding hydrogens is 329 g/mol. The fourth-order valence-corrected chi connectivity index (χ4v) is 2.19. The number of fused-ring (bicyclic) bond motifs is 1. The van der Waals surface area contributed by atoms with Crippen molar-refractivity contribution >= 4 is 32.9 Å². The number of benzene rings is 2. The summed E-state index contributed by atoms with van der Waals surface area (Å²) < 4.78 is 15.2. The zero-order valence-corrected chi connectivity index (χ0v) is 11.5. The largest absolute Gasteiger partial charge is 0.478 e. The molecule has 0 bridgehead atoms. The van der Waals surface area contributed by atoms with Gasteiger partial charge in [-0.15, -0.1) is 5.10 Å². The summed E-state index contributed by atoms with van der Waals surface area (Å²) in [6.45, 7) is 0. The van der Waals surface area contributed by atoms with E-state index in [2.05, 4.69) is 26.2 Å². The SMILES string of the molecule is O=C(O)c1cccc2nnn(-c3ccc(Br)c(F)c3)c12. The van der Waals surface area contributed by atoms with Gasteiger partial charge in [0.2, 0.25) is 0 Å². The van der Waals surface area contributed by atoms with E-state index >= 15 is 0 Å².